The zero-order chi connectivity index (χ0) is 13.4. The fourth-order valence-corrected chi connectivity index (χ4v) is 1.06. The molecular formula is C12H10N2O4. The van der Waals surface area contributed by atoms with Gasteiger partial charge in [-0.15, -0.1) is 0 Å². The van der Waals surface area contributed by atoms with Crippen LogP contribution in [0.2, 0.25) is 0 Å². The Balaban J connectivity index is 0.000000225. The molecule has 2 aromatic heterocycles. The molecule has 0 aliphatic rings. The third-order valence-corrected chi connectivity index (χ3v) is 1.81. The number of hydrogen-bond donors (Lipinski definition) is 2. The molecule has 0 bridgehead atoms. The molecule has 0 aromatic carbocycles. The normalized spacial score (nSPS) is 8.89. The van der Waals surface area contributed by atoms with Crippen molar-refractivity contribution in [2.24, 2.45) is 0 Å². The first-order valence-electron chi connectivity index (χ1n) is 4.89. The van der Waals surface area contributed by atoms with Gasteiger partial charge in [0.15, 0.2) is 5.69 Å². The van der Waals surface area contributed by atoms with Gasteiger partial charge in [0.25, 0.3) is 0 Å². The van der Waals surface area contributed by atoms with E-state index in [0.29, 0.717) is 0 Å². The van der Waals surface area contributed by atoms with Crippen LogP contribution in [-0.2, 0) is 0 Å². The summed E-state index contributed by atoms with van der Waals surface area (Å²) >= 11 is 0. The SMILES string of the molecule is O=C(O)c1cccnc1C(=O)O.c1ccncc1. The third-order valence-electron chi connectivity index (χ3n) is 1.81. The van der Waals surface area contributed by atoms with Crippen molar-refractivity contribution in [3.63, 3.8) is 0 Å². The third kappa shape index (κ3) is 4.01. The smallest absolute Gasteiger partial charge is 0.355 e. The molecule has 2 heterocycles. The highest BCUT2D eigenvalue weighted by molar-refractivity contribution is 5.99. The molecule has 0 saturated heterocycles. The highest BCUT2D eigenvalue weighted by atomic mass is 16.4. The molecule has 2 N–H and O–H groups in total. The number of aromatic nitrogens is 2. The first-order valence-corrected chi connectivity index (χ1v) is 4.89. The summed E-state index contributed by atoms with van der Waals surface area (Å²) in [5, 5.41) is 17.0. The number of carbonyl (C=O) groups is 2. The lowest BCUT2D eigenvalue weighted by molar-refractivity contribution is 0.0646. The van der Waals surface area contributed by atoms with Gasteiger partial charge in [0.1, 0.15) is 0 Å². The van der Waals surface area contributed by atoms with Crippen LogP contribution in [0, 0.1) is 0 Å². The van der Waals surface area contributed by atoms with E-state index in [1.54, 1.807) is 12.4 Å². The molecule has 92 valence electrons. The monoisotopic (exact) mass is 246 g/mol. The highest BCUT2D eigenvalue weighted by Gasteiger charge is 2.15. The molecule has 0 aliphatic heterocycles. The molecule has 0 saturated carbocycles. The van der Waals surface area contributed by atoms with Crippen LogP contribution in [0.4, 0.5) is 0 Å². The zero-order valence-corrected chi connectivity index (χ0v) is 9.22. The molecule has 0 spiro atoms. The molecule has 18 heavy (non-hydrogen) atoms. The van der Waals surface area contributed by atoms with Gasteiger partial charge in [0, 0.05) is 18.6 Å². The van der Waals surface area contributed by atoms with Gasteiger partial charge < -0.3 is 10.2 Å². The topological polar surface area (TPSA) is 100 Å². The van der Waals surface area contributed by atoms with Crippen molar-refractivity contribution in [3.05, 3.63) is 60.2 Å². The number of pyridine rings is 2. The van der Waals surface area contributed by atoms with Crippen LogP contribution in [0.3, 0.4) is 0 Å². The summed E-state index contributed by atoms with van der Waals surface area (Å²) in [6, 6.07) is 8.28. The minimum Gasteiger partial charge on any atom is -0.478 e. The lowest BCUT2D eigenvalue weighted by Gasteiger charge is -1.97. The van der Waals surface area contributed by atoms with Crippen molar-refractivity contribution in [3.8, 4) is 0 Å². The summed E-state index contributed by atoms with van der Waals surface area (Å²) in [5.41, 5.74) is -0.741. The Kier molecular flexibility index (Phi) is 4.98. The lowest BCUT2D eigenvalue weighted by atomic mass is 10.2. The molecule has 0 radical (unpaired) electrons. The van der Waals surface area contributed by atoms with Crippen molar-refractivity contribution in [2.45, 2.75) is 0 Å². The Labute approximate surface area is 103 Å². The Morgan fingerprint density at radius 3 is 1.89 bits per heavy atom. The van der Waals surface area contributed by atoms with Crippen LogP contribution in [0.1, 0.15) is 20.8 Å². The summed E-state index contributed by atoms with van der Waals surface area (Å²) < 4.78 is 0. The Bertz CT molecular complexity index is 469. The van der Waals surface area contributed by atoms with E-state index in [9.17, 15) is 9.59 Å². The summed E-state index contributed by atoms with van der Waals surface area (Å²) in [4.78, 5) is 28.0. The van der Waals surface area contributed by atoms with Crippen LogP contribution in [-0.4, -0.2) is 32.1 Å². The number of carboxylic acid groups (broad SMARTS) is 2. The molecule has 0 atom stereocenters. The minimum atomic E-state index is -1.34. The number of hydrogen-bond acceptors (Lipinski definition) is 4. The average Bonchev–Trinajstić information content (AvgIpc) is 2.41. The summed E-state index contributed by atoms with van der Waals surface area (Å²) in [5.74, 6) is -2.63. The second kappa shape index (κ2) is 6.74. The van der Waals surface area contributed by atoms with Gasteiger partial charge in [-0.2, -0.15) is 0 Å². The maximum absolute atomic E-state index is 10.4. The van der Waals surface area contributed by atoms with E-state index in [0.717, 1.165) is 0 Å². The predicted molar refractivity (Wildman–Crippen MR) is 62.4 cm³/mol. The quantitative estimate of drug-likeness (QED) is 0.833. The van der Waals surface area contributed by atoms with Crippen LogP contribution in [0.15, 0.2) is 48.9 Å². The molecule has 0 aliphatic carbocycles. The molecule has 6 nitrogen and oxygen atoms in total. The van der Waals surface area contributed by atoms with Crippen LogP contribution in [0.25, 0.3) is 0 Å². The first-order chi connectivity index (χ1) is 8.63. The number of aromatic carboxylic acids is 2. The Morgan fingerprint density at radius 2 is 1.56 bits per heavy atom. The second-order valence-corrected chi connectivity index (χ2v) is 3.03. The van der Waals surface area contributed by atoms with Crippen LogP contribution in [0.5, 0.6) is 0 Å². The van der Waals surface area contributed by atoms with Gasteiger partial charge >= 0.3 is 11.9 Å². The van der Waals surface area contributed by atoms with E-state index in [1.165, 1.54) is 18.3 Å². The highest BCUT2D eigenvalue weighted by Crippen LogP contribution is 2.04. The van der Waals surface area contributed by atoms with E-state index in [1.807, 2.05) is 18.2 Å². The Morgan fingerprint density at radius 1 is 0.889 bits per heavy atom. The van der Waals surface area contributed by atoms with Gasteiger partial charge in [0.05, 0.1) is 5.56 Å². The maximum Gasteiger partial charge on any atom is 0.355 e. The van der Waals surface area contributed by atoms with Gasteiger partial charge in [-0.05, 0) is 24.3 Å². The van der Waals surface area contributed by atoms with E-state index < -0.39 is 17.6 Å². The number of rotatable bonds is 2. The molecule has 6 heteroatoms. The molecule has 2 aromatic rings. The summed E-state index contributed by atoms with van der Waals surface area (Å²) in [6.07, 6.45) is 4.73. The zero-order valence-electron chi connectivity index (χ0n) is 9.22. The second-order valence-electron chi connectivity index (χ2n) is 3.03. The molecular weight excluding hydrogens is 236 g/mol. The largest absolute Gasteiger partial charge is 0.478 e. The van der Waals surface area contributed by atoms with E-state index >= 15 is 0 Å². The molecule has 2 rings (SSSR count). The first kappa shape index (κ1) is 13.3. The van der Waals surface area contributed by atoms with Crippen molar-refractivity contribution in [1.82, 2.24) is 9.97 Å². The number of carboxylic acids is 2. The Hall–Kier alpha value is -2.76. The predicted octanol–water partition coefficient (Wildman–Crippen LogP) is 1.56. The van der Waals surface area contributed by atoms with Crippen molar-refractivity contribution < 1.29 is 19.8 Å². The number of nitrogens with zero attached hydrogens (tertiary/aromatic N) is 2. The van der Waals surface area contributed by atoms with Gasteiger partial charge in [-0.25, -0.2) is 14.6 Å². The summed E-state index contributed by atoms with van der Waals surface area (Å²) in [7, 11) is 0. The summed E-state index contributed by atoms with van der Waals surface area (Å²) in [6.45, 7) is 0. The van der Waals surface area contributed by atoms with Gasteiger partial charge in [-0.3, -0.25) is 4.98 Å². The fraction of sp³-hybridized carbons (Fsp3) is 0. The van der Waals surface area contributed by atoms with Gasteiger partial charge in [0.2, 0.25) is 0 Å². The van der Waals surface area contributed by atoms with Crippen molar-refractivity contribution in [1.29, 1.82) is 0 Å². The standard InChI is InChI=1S/C7H5NO4.C5H5N/c9-6(10)4-2-1-3-8-5(4)7(11)12;1-2-4-6-5-3-1/h1-3H,(H,9,10)(H,11,12);1-5H. The van der Waals surface area contributed by atoms with Crippen molar-refractivity contribution >= 4 is 11.9 Å². The molecule has 0 fully saturated rings. The van der Waals surface area contributed by atoms with Crippen molar-refractivity contribution in [2.75, 3.05) is 0 Å². The van der Waals surface area contributed by atoms with Crippen LogP contribution >= 0.6 is 0 Å². The molecule has 0 amide bonds. The van der Waals surface area contributed by atoms with E-state index in [-0.39, 0.29) is 5.56 Å². The average molecular weight is 246 g/mol. The minimum absolute atomic E-state index is 0.301. The van der Waals surface area contributed by atoms with E-state index in [4.69, 9.17) is 10.2 Å². The fourth-order valence-electron chi connectivity index (χ4n) is 1.06. The van der Waals surface area contributed by atoms with Gasteiger partial charge in [-0.1, -0.05) is 6.07 Å². The lowest BCUT2D eigenvalue weighted by Crippen LogP contribution is -2.09. The maximum atomic E-state index is 10.4. The van der Waals surface area contributed by atoms with E-state index in [2.05, 4.69) is 9.97 Å². The molecule has 0 unspecified atom stereocenters. The van der Waals surface area contributed by atoms with Crippen LogP contribution < -0.4 is 0 Å².